The Hall–Kier alpha value is -2.40. The largest absolute Gasteiger partial charge is 0.455 e. The fraction of sp³-hybridized carbons (Fsp3) is 0.133. The second-order valence-corrected chi connectivity index (χ2v) is 4.24. The lowest BCUT2D eigenvalue weighted by atomic mass is 10.2. The molecule has 0 saturated carbocycles. The Morgan fingerprint density at radius 1 is 1.25 bits per heavy atom. The number of carbonyl (C=O) groups excluding carboxylic acids is 1. The second-order valence-electron chi connectivity index (χ2n) is 4.24. The van der Waals surface area contributed by atoms with Gasteiger partial charge in [0.2, 0.25) is 5.91 Å². The Morgan fingerprint density at radius 3 is 2.70 bits per heavy atom. The van der Waals surface area contributed by atoms with Gasteiger partial charge in [-0.3, -0.25) is 4.79 Å². The quantitative estimate of drug-likeness (QED) is 0.900. The highest BCUT2D eigenvalue weighted by Crippen LogP contribution is 2.31. The van der Waals surface area contributed by atoms with E-state index < -0.39 is 0 Å². The molecule has 1 amide bonds. The summed E-state index contributed by atoms with van der Waals surface area (Å²) in [5.41, 5.74) is 6.68. The van der Waals surface area contributed by atoms with Gasteiger partial charge < -0.3 is 15.8 Å². The van der Waals surface area contributed by atoms with Crippen LogP contribution in [0.3, 0.4) is 0 Å². The zero-order valence-corrected chi connectivity index (χ0v) is 11.0. The molecular formula is C15H15FN2O2. The Bertz CT molecular complexity index is 629. The SMILES string of the molecule is CC(=O)Nc1ccccc1Oc1ccc(F)cc1CN. The maximum Gasteiger partial charge on any atom is 0.221 e. The maximum atomic E-state index is 13.2. The summed E-state index contributed by atoms with van der Waals surface area (Å²) in [5.74, 6) is 0.378. The molecule has 0 aliphatic carbocycles. The molecule has 0 atom stereocenters. The molecule has 104 valence electrons. The van der Waals surface area contributed by atoms with Crippen LogP contribution < -0.4 is 15.8 Å². The summed E-state index contributed by atoms with van der Waals surface area (Å²) in [5, 5.41) is 2.67. The number of para-hydroxylation sites is 2. The summed E-state index contributed by atoms with van der Waals surface area (Å²) in [4.78, 5) is 11.1. The predicted octanol–water partition coefficient (Wildman–Crippen LogP) is 3.04. The summed E-state index contributed by atoms with van der Waals surface area (Å²) in [6.07, 6.45) is 0. The van der Waals surface area contributed by atoms with Gasteiger partial charge in [-0.25, -0.2) is 4.39 Å². The monoisotopic (exact) mass is 274 g/mol. The number of ether oxygens (including phenoxy) is 1. The van der Waals surface area contributed by atoms with E-state index in [1.807, 2.05) is 0 Å². The Morgan fingerprint density at radius 2 is 2.00 bits per heavy atom. The molecule has 0 radical (unpaired) electrons. The van der Waals surface area contributed by atoms with Crippen molar-refractivity contribution in [2.75, 3.05) is 5.32 Å². The van der Waals surface area contributed by atoms with Crippen LogP contribution >= 0.6 is 0 Å². The Labute approximate surface area is 116 Å². The summed E-state index contributed by atoms with van der Waals surface area (Å²) in [6.45, 7) is 1.58. The van der Waals surface area contributed by atoms with Gasteiger partial charge in [-0.15, -0.1) is 0 Å². The van der Waals surface area contributed by atoms with Crippen LogP contribution in [0.4, 0.5) is 10.1 Å². The van der Waals surface area contributed by atoms with E-state index >= 15 is 0 Å². The highest BCUT2D eigenvalue weighted by Gasteiger charge is 2.09. The molecule has 2 aromatic carbocycles. The molecule has 0 spiro atoms. The minimum absolute atomic E-state index is 0.162. The average molecular weight is 274 g/mol. The molecule has 5 heteroatoms. The Balaban J connectivity index is 2.32. The van der Waals surface area contributed by atoms with Crippen LogP contribution in [0.25, 0.3) is 0 Å². The Kier molecular flexibility index (Phi) is 4.32. The fourth-order valence-corrected chi connectivity index (χ4v) is 1.77. The van der Waals surface area contributed by atoms with Crippen molar-refractivity contribution in [3.63, 3.8) is 0 Å². The lowest BCUT2D eigenvalue weighted by molar-refractivity contribution is -0.114. The first-order chi connectivity index (χ1) is 9.60. The number of amides is 1. The third-order valence-electron chi connectivity index (χ3n) is 2.66. The maximum absolute atomic E-state index is 13.2. The normalized spacial score (nSPS) is 10.2. The van der Waals surface area contributed by atoms with Crippen molar-refractivity contribution in [2.45, 2.75) is 13.5 Å². The number of nitrogens with two attached hydrogens (primary N) is 1. The number of carbonyl (C=O) groups is 1. The van der Waals surface area contributed by atoms with Gasteiger partial charge in [-0.2, -0.15) is 0 Å². The molecule has 0 aliphatic heterocycles. The van der Waals surface area contributed by atoms with E-state index in [4.69, 9.17) is 10.5 Å². The third kappa shape index (κ3) is 3.33. The number of rotatable bonds is 4. The van der Waals surface area contributed by atoms with E-state index in [9.17, 15) is 9.18 Å². The first-order valence-electron chi connectivity index (χ1n) is 6.13. The van der Waals surface area contributed by atoms with Crippen LogP contribution in [0.2, 0.25) is 0 Å². The van der Waals surface area contributed by atoms with Gasteiger partial charge >= 0.3 is 0 Å². The van der Waals surface area contributed by atoms with E-state index in [0.29, 0.717) is 22.7 Å². The van der Waals surface area contributed by atoms with Crippen LogP contribution in [0, 0.1) is 5.82 Å². The standard InChI is InChI=1S/C15H15FN2O2/c1-10(19)18-13-4-2-3-5-15(13)20-14-7-6-12(16)8-11(14)9-17/h2-8H,9,17H2,1H3,(H,18,19). The van der Waals surface area contributed by atoms with E-state index in [2.05, 4.69) is 5.32 Å². The van der Waals surface area contributed by atoms with Crippen LogP contribution in [0.15, 0.2) is 42.5 Å². The van der Waals surface area contributed by atoms with Crippen LogP contribution in [0.5, 0.6) is 11.5 Å². The zero-order valence-electron chi connectivity index (χ0n) is 11.0. The molecule has 0 fully saturated rings. The molecule has 2 rings (SSSR count). The van der Waals surface area contributed by atoms with E-state index in [1.165, 1.54) is 25.1 Å². The number of benzene rings is 2. The highest BCUT2D eigenvalue weighted by atomic mass is 19.1. The number of anilines is 1. The minimum atomic E-state index is -0.368. The molecule has 3 N–H and O–H groups in total. The zero-order chi connectivity index (χ0) is 14.5. The third-order valence-corrected chi connectivity index (χ3v) is 2.66. The fourth-order valence-electron chi connectivity index (χ4n) is 1.77. The summed E-state index contributed by atoms with van der Waals surface area (Å²) < 4.78 is 18.9. The summed E-state index contributed by atoms with van der Waals surface area (Å²) >= 11 is 0. The molecule has 0 aliphatic rings. The van der Waals surface area contributed by atoms with Gasteiger partial charge in [-0.1, -0.05) is 12.1 Å². The second kappa shape index (κ2) is 6.16. The van der Waals surface area contributed by atoms with Crippen molar-refractivity contribution in [3.8, 4) is 11.5 Å². The lowest BCUT2D eigenvalue weighted by Crippen LogP contribution is -2.07. The van der Waals surface area contributed by atoms with Crippen LogP contribution in [0.1, 0.15) is 12.5 Å². The minimum Gasteiger partial charge on any atom is -0.455 e. The predicted molar refractivity (Wildman–Crippen MR) is 75.1 cm³/mol. The average Bonchev–Trinajstić information content (AvgIpc) is 2.42. The number of halogens is 1. The number of nitrogens with one attached hydrogen (secondary N) is 1. The molecule has 4 nitrogen and oxygen atoms in total. The molecule has 0 saturated heterocycles. The van der Waals surface area contributed by atoms with Crippen molar-refractivity contribution in [3.05, 3.63) is 53.8 Å². The first kappa shape index (κ1) is 14.0. The van der Waals surface area contributed by atoms with Gasteiger partial charge in [0.25, 0.3) is 0 Å². The molecule has 20 heavy (non-hydrogen) atoms. The van der Waals surface area contributed by atoms with Crippen molar-refractivity contribution in [1.29, 1.82) is 0 Å². The van der Waals surface area contributed by atoms with Crippen LogP contribution in [-0.4, -0.2) is 5.91 Å². The van der Waals surface area contributed by atoms with Crippen molar-refractivity contribution in [2.24, 2.45) is 5.73 Å². The van der Waals surface area contributed by atoms with Crippen molar-refractivity contribution < 1.29 is 13.9 Å². The summed E-state index contributed by atoms with van der Waals surface area (Å²) in [7, 11) is 0. The molecule has 0 aromatic heterocycles. The summed E-state index contributed by atoms with van der Waals surface area (Å²) in [6, 6.07) is 11.2. The number of hydrogen-bond donors (Lipinski definition) is 2. The van der Waals surface area contributed by atoms with E-state index in [1.54, 1.807) is 24.3 Å². The molecule has 0 unspecified atom stereocenters. The van der Waals surface area contributed by atoms with Crippen molar-refractivity contribution in [1.82, 2.24) is 0 Å². The molecule has 0 heterocycles. The van der Waals surface area contributed by atoms with Crippen LogP contribution in [-0.2, 0) is 11.3 Å². The number of hydrogen-bond acceptors (Lipinski definition) is 3. The molecule has 2 aromatic rings. The van der Waals surface area contributed by atoms with E-state index in [-0.39, 0.29) is 18.3 Å². The first-order valence-corrected chi connectivity index (χ1v) is 6.13. The highest BCUT2D eigenvalue weighted by molar-refractivity contribution is 5.90. The van der Waals surface area contributed by atoms with Gasteiger partial charge in [0.05, 0.1) is 5.69 Å². The molecule has 0 bridgehead atoms. The molecular weight excluding hydrogens is 259 g/mol. The smallest absolute Gasteiger partial charge is 0.221 e. The van der Waals surface area contributed by atoms with Gasteiger partial charge in [0, 0.05) is 19.0 Å². The lowest BCUT2D eigenvalue weighted by Gasteiger charge is -2.13. The van der Waals surface area contributed by atoms with Crippen molar-refractivity contribution >= 4 is 11.6 Å². The van der Waals surface area contributed by atoms with Gasteiger partial charge in [0.1, 0.15) is 11.6 Å². The van der Waals surface area contributed by atoms with E-state index in [0.717, 1.165) is 0 Å². The topological polar surface area (TPSA) is 64.3 Å². The van der Waals surface area contributed by atoms with Gasteiger partial charge in [-0.05, 0) is 30.3 Å². The van der Waals surface area contributed by atoms with Gasteiger partial charge in [0.15, 0.2) is 5.75 Å².